The van der Waals surface area contributed by atoms with Crippen LogP contribution in [0, 0.1) is 12.3 Å². The fraction of sp³-hybridized carbons (Fsp3) is 0.600. The lowest BCUT2D eigenvalue weighted by Gasteiger charge is -2.37. The maximum Gasteiger partial charge on any atom is -0.00714 e. The average Bonchev–Trinajstić information content (AvgIpc) is 2.15. The minimum Gasteiger partial charge on any atom is -0.330 e. The van der Waals surface area contributed by atoms with Crippen LogP contribution in [-0.4, -0.2) is 6.54 Å². The topological polar surface area (TPSA) is 26.0 Å². The van der Waals surface area contributed by atoms with E-state index < -0.39 is 0 Å². The molecule has 2 N–H and O–H groups in total. The number of rotatable bonds is 2. The highest BCUT2D eigenvalue weighted by molar-refractivity contribution is 5.37. The lowest BCUT2D eigenvalue weighted by Crippen LogP contribution is -2.27. The van der Waals surface area contributed by atoms with E-state index in [1.807, 2.05) is 0 Å². The number of nitrogens with two attached hydrogens (primary N) is 1. The average molecular weight is 217 g/mol. The quantitative estimate of drug-likeness (QED) is 0.807. The summed E-state index contributed by atoms with van der Waals surface area (Å²) in [6.45, 7) is 7.73. The molecule has 0 bridgehead atoms. The summed E-state index contributed by atoms with van der Waals surface area (Å²) >= 11 is 0. The SMILES string of the molecule is Cc1ccc2c(c1)CC(C)(C)CC2CCN. The van der Waals surface area contributed by atoms with Crippen molar-refractivity contribution in [2.75, 3.05) is 6.54 Å². The number of aryl methyl sites for hydroxylation is 1. The molecular formula is C15H23N. The molecule has 0 heterocycles. The molecule has 1 atom stereocenters. The van der Waals surface area contributed by atoms with Crippen molar-refractivity contribution in [2.45, 2.75) is 46.0 Å². The van der Waals surface area contributed by atoms with Gasteiger partial charge in [-0.05, 0) is 55.2 Å². The molecule has 0 radical (unpaired) electrons. The van der Waals surface area contributed by atoms with Crippen molar-refractivity contribution < 1.29 is 0 Å². The van der Waals surface area contributed by atoms with Crippen LogP contribution in [0.5, 0.6) is 0 Å². The fourth-order valence-electron chi connectivity index (χ4n) is 3.11. The Kier molecular flexibility index (Phi) is 3.07. The molecule has 2 rings (SSSR count). The van der Waals surface area contributed by atoms with Gasteiger partial charge in [0, 0.05) is 0 Å². The lowest BCUT2D eigenvalue weighted by atomic mass is 9.68. The summed E-state index contributed by atoms with van der Waals surface area (Å²) < 4.78 is 0. The molecule has 0 saturated heterocycles. The molecule has 0 saturated carbocycles. The molecule has 1 aromatic rings. The zero-order valence-electron chi connectivity index (χ0n) is 10.7. The van der Waals surface area contributed by atoms with E-state index in [4.69, 9.17) is 5.73 Å². The Bertz CT molecular complexity index is 379. The van der Waals surface area contributed by atoms with E-state index in [-0.39, 0.29) is 0 Å². The van der Waals surface area contributed by atoms with Crippen LogP contribution in [0.15, 0.2) is 18.2 Å². The molecule has 1 aromatic carbocycles. The molecule has 1 unspecified atom stereocenters. The highest BCUT2D eigenvalue weighted by atomic mass is 14.5. The zero-order valence-corrected chi connectivity index (χ0v) is 10.7. The minimum absolute atomic E-state index is 0.431. The van der Waals surface area contributed by atoms with Gasteiger partial charge in [-0.25, -0.2) is 0 Å². The van der Waals surface area contributed by atoms with E-state index in [2.05, 4.69) is 39.0 Å². The van der Waals surface area contributed by atoms with E-state index in [1.165, 1.54) is 18.4 Å². The molecule has 0 amide bonds. The monoisotopic (exact) mass is 217 g/mol. The summed E-state index contributed by atoms with van der Waals surface area (Å²) in [7, 11) is 0. The predicted octanol–water partition coefficient (Wildman–Crippen LogP) is 3.40. The maximum absolute atomic E-state index is 5.73. The number of hydrogen-bond acceptors (Lipinski definition) is 1. The van der Waals surface area contributed by atoms with Crippen LogP contribution in [0.2, 0.25) is 0 Å². The Labute approximate surface area is 99.0 Å². The second kappa shape index (κ2) is 4.21. The van der Waals surface area contributed by atoms with Gasteiger partial charge < -0.3 is 5.73 Å². The smallest absolute Gasteiger partial charge is 0.00714 e. The van der Waals surface area contributed by atoms with Gasteiger partial charge in [-0.3, -0.25) is 0 Å². The van der Waals surface area contributed by atoms with Gasteiger partial charge in [0.1, 0.15) is 0 Å². The van der Waals surface area contributed by atoms with Crippen molar-refractivity contribution in [3.63, 3.8) is 0 Å². The number of benzene rings is 1. The van der Waals surface area contributed by atoms with E-state index in [9.17, 15) is 0 Å². The molecule has 0 aromatic heterocycles. The van der Waals surface area contributed by atoms with Gasteiger partial charge >= 0.3 is 0 Å². The van der Waals surface area contributed by atoms with Gasteiger partial charge in [0.05, 0.1) is 0 Å². The molecule has 0 aliphatic heterocycles. The van der Waals surface area contributed by atoms with Crippen LogP contribution in [0.3, 0.4) is 0 Å². The second-order valence-electron chi connectivity index (χ2n) is 6.02. The molecule has 0 spiro atoms. The Morgan fingerprint density at radius 1 is 1.38 bits per heavy atom. The zero-order chi connectivity index (χ0) is 11.8. The summed E-state index contributed by atoms with van der Waals surface area (Å²) in [6.07, 6.45) is 3.62. The third kappa shape index (κ3) is 2.30. The predicted molar refractivity (Wildman–Crippen MR) is 69.7 cm³/mol. The van der Waals surface area contributed by atoms with Crippen LogP contribution in [0.4, 0.5) is 0 Å². The fourth-order valence-corrected chi connectivity index (χ4v) is 3.11. The Hall–Kier alpha value is -0.820. The molecule has 88 valence electrons. The molecule has 1 aliphatic carbocycles. The summed E-state index contributed by atoms with van der Waals surface area (Å²) in [5.74, 6) is 0.671. The first-order valence-corrected chi connectivity index (χ1v) is 6.31. The van der Waals surface area contributed by atoms with Crippen LogP contribution in [-0.2, 0) is 6.42 Å². The van der Waals surface area contributed by atoms with Gasteiger partial charge in [0.2, 0.25) is 0 Å². The van der Waals surface area contributed by atoms with Gasteiger partial charge in [-0.15, -0.1) is 0 Å². The summed E-state index contributed by atoms with van der Waals surface area (Å²) in [5, 5.41) is 0. The van der Waals surface area contributed by atoms with Crippen LogP contribution in [0.25, 0.3) is 0 Å². The Morgan fingerprint density at radius 2 is 2.12 bits per heavy atom. The molecule has 1 heteroatoms. The van der Waals surface area contributed by atoms with Crippen molar-refractivity contribution in [3.05, 3.63) is 34.9 Å². The highest BCUT2D eigenvalue weighted by Crippen LogP contribution is 2.43. The molecule has 0 fully saturated rings. The molecular weight excluding hydrogens is 194 g/mol. The largest absolute Gasteiger partial charge is 0.330 e. The van der Waals surface area contributed by atoms with Gasteiger partial charge in [-0.1, -0.05) is 37.6 Å². The van der Waals surface area contributed by atoms with Gasteiger partial charge in [-0.2, -0.15) is 0 Å². The van der Waals surface area contributed by atoms with Gasteiger partial charge in [0.15, 0.2) is 0 Å². The first kappa shape index (κ1) is 11.7. The highest BCUT2D eigenvalue weighted by Gasteiger charge is 2.31. The summed E-state index contributed by atoms with van der Waals surface area (Å²) in [6, 6.07) is 6.92. The summed E-state index contributed by atoms with van der Waals surface area (Å²) in [5.41, 5.74) is 10.6. The Balaban J connectivity index is 2.38. The van der Waals surface area contributed by atoms with E-state index in [0.29, 0.717) is 11.3 Å². The first-order chi connectivity index (χ1) is 7.52. The van der Waals surface area contributed by atoms with Crippen molar-refractivity contribution in [1.82, 2.24) is 0 Å². The van der Waals surface area contributed by atoms with Gasteiger partial charge in [0.25, 0.3) is 0 Å². The first-order valence-electron chi connectivity index (χ1n) is 6.31. The van der Waals surface area contributed by atoms with E-state index >= 15 is 0 Å². The number of hydrogen-bond donors (Lipinski definition) is 1. The van der Waals surface area contributed by atoms with E-state index in [1.54, 1.807) is 11.1 Å². The molecule has 1 aliphatic rings. The van der Waals surface area contributed by atoms with Crippen molar-refractivity contribution in [2.24, 2.45) is 11.1 Å². The van der Waals surface area contributed by atoms with Crippen molar-refractivity contribution in [3.8, 4) is 0 Å². The van der Waals surface area contributed by atoms with Crippen LogP contribution < -0.4 is 5.73 Å². The maximum atomic E-state index is 5.73. The number of fused-ring (bicyclic) bond motifs is 1. The van der Waals surface area contributed by atoms with Crippen molar-refractivity contribution >= 4 is 0 Å². The lowest BCUT2D eigenvalue weighted by molar-refractivity contribution is 0.275. The third-order valence-electron chi connectivity index (χ3n) is 3.72. The molecule has 1 nitrogen and oxygen atoms in total. The minimum atomic E-state index is 0.431. The Morgan fingerprint density at radius 3 is 2.81 bits per heavy atom. The second-order valence-corrected chi connectivity index (χ2v) is 6.02. The normalized spacial score (nSPS) is 22.9. The third-order valence-corrected chi connectivity index (χ3v) is 3.72. The van der Waals surface area contributed by atoms with Crippen LogP contribution in [0.1, 0.15) is 49.3 Å². The van der Waals surface area contributed by atoms with E-state index in [0.717, 1.165) is 13.0 Å². The van der Waals surface area contributed by atoms with Crippen LogP contribution >= 0.6 is 0 Å². The molecule has 16 heavy (non-hydrogen) atoms. The summed E-state index contributed by atoms with van der Waals surface area (Å²) in [4.78, 5) is 0. The standard InChI is InChI=1S/C15H23N/c1-11-4-5-14-12(6-7-16)9-15(2,3)10-13(14)8-11/h4-5,8,12H,6-7,9-10,16H2,1-3H3. The van der Waals surface area contributed by atoms with Crippen molar-refractivity contribution in [1.29, 1.82) is 0 Å².